The summed E-state index contributed by atoms with van der Waals surface area (Å²) in [7, 11) is 0. The number of carbonyl (C=O) groups is 1. The van der Waals surface area contributed by atoms with Crippen LogP contribution in [-0.4, -0.2) is 73.5 Å². The maximum atomic E-state index is 12.6. The smallest absolute Gasteiger partial charge is 0.274 e. The van der Waals surface area contributed by atoms with Crippen molar-refractivity contribution in [1.82, 2.24) is 24.2 Å². The van der Waals surface area contributed by atoms with Crippen molar-refractivity contribution in [3.8, 4) is 0 Å². The lowest BCUT2D eigenvalue weighted by Gasteiger charge is -2.38. The average molecular weight is 315 g/mol. The number of piperazine rings is 1. The summed E-state index contributed by atoms with van der Waals surface area (Å²) in [5.74, 6) is 0.505. The molecular weight excluding hydrogens is 294 g/mol. The van der Waals surface area contributed by atoms with Gasteiger partial charge < -0.3 is 10.0 Å². The van der Waals surface area contributed by atoms with Gasteiger partial charge in [-0.15, -0.1) is 0 Å². The number of imidazole rings is 1. The highest BCUT2D eigenvalue weighted by atomic mass is 16.3. The number of nitrogens with zero attached hydrogens (tertiary/aromatic N) is 5. The topological polar surface area (TPSA) is 74.0 Å². The number of rotatable bonds is 2. The number of amides is 1. The fourth-order valence-electron chi connectivity index (χ4n) is 3.70. The molecule has 2 aliphatic rings. The van der Waals surface area contributed by atoms with Gasteiger partial charge in [-0.1, -0.05) is 0 Å². The summed E-state index contributed by atoms with van der Waals surface area (Å²) in [6, 6.07) is 2.08. The molecule has 0 aromatic carbocycles. The van der Waals surface area contributed by atoms with Crippen LogP contribution in [0.25, 0.3) is 5.78 Å². The molecular formula is C16H21N5O2. The van der Waals surface area contributed by atoms with Crippen molar-refractivity contribution in [1.29, 1.82) is 0 Å². The summed E-state index contributed by atoms with van der Waals surface area (Å²) < 4.78 is 1.76. The highest BCUT2D eigenvalue weighted by molar-refractivity contribution is 5.92. The second-order valence-corrected chi connectivity index (χ2v) is 6.35. The molecule has 7 heteroatoms. The highest BCUT2D eigenvalue weighted by Crippen LogP contribution is 2.25. The van der Waals surface area contributed by atoms with Crippen LogP contribution in [0.4, 0.5) is 0 Å². The van der Waals surface area contributed by atoms with Crippen molar-refractivity contribution < 1.29 is 9.90 Å². The zero-order chi connectivity index (χ0) is 15.8. The van der Waals surface area contributed by atoms with Crippen LogP contribution in [-0.2, 0) is 0 Å². The third-order valence-electron chi connectivity index (χ3n) is 4.97. The van der Waals surface area contributed by atoms with E-state index in [1.807, 2.05) is 17.2 Å². The molecule has 1 N–H and O–H groups in total. The van der Waals surface area contributed by atoms with Crippen LogP contribution >= 0.6 is 0 Å². The molecule has 1 aliphatic carbocycles. The molecule has 0 bridgehead atoms. The average Bonchev–Trinajstić information content (AvgIpc) is 3.20. The van der Waals surface area contributed by atoms with Crippen molar-refractivity contribution in [2.45, 2.75) is 31.4 Å². The number of aliphatic hydroxyl groups excluding tert-OH is 1. The minimum absolute atomic E-state index is 0.0397. The Morgan fingerprint density at radius 2 is 2.04 bits per heavy atom. The van der Waals surface area contributed by atoms with Crippen molar-refractivity contribution in [2.75, 3.05) is 26.2 Å². The van der Waals surface area contributed by atoms with Gasteiger partial charge in [0.15, 0.2) is 0 Å². The molecule has 2 aromatic rings. The van der Waals surface area contributed by atoms with E-state index in [1.165, 1.54) is 0 Å². The van der Waals surface area contributed by atoms with Crippen molar-refractivity contribution in [3.63, 3.8) is 0 Å². The first-order chi connectivity index (χ1) is 11.2. The lowest BCUT2D eigenvalue weighted by Crippen LogP contribution is -2.53. The first-order valence-electron chi connectivity index (χ1n) is 8.23. The zero-order valence-corrected chi connectivity index (χ0v) is 13.0. The third kappa shape index (κ3) is 2.70. The van der Waals surface area contributed by atoms with E-state index in [1.54, 1.807) is 16.8 Å². The standard InChI is InChI=1S/C16H21N5O2/c22-14-4-1-3-13(14)19-7-9-20(10-8-19)15(23)12-11-21-6-2-5-17-16(21)18-12/h2,5-6,11,13-14,22H,1,3-4,7-10H2. The predicted molar refractivity (Wildman–Crippen MR) is 84.1 cm³/mol. The largest absolute Gasteiger partial charge is 0.391 e. The van der Waals surface area contributed by atoms with Gasteiger partial charge in [0.2, 0.25) is 5.78 Å². The zero-order valence-electron chi connectivity index (χ0n) is 13.0. The lowest BCUT2D eigenvalue weighted by molar-refractivity contribution is 0.0313. The van der Waals surface area contributed by atoms with Gasteiger partial charge in [0, 0.05) is 50.8 Å². The number of aromatic nitrogens is 3. The monoisotopic (exact) mass is 315 g/mol. The first kappa shape index (κ1) is 14.6. The van der Waals surface area contributed by atoms with Crippen LogP contribution in [0.2, 0.25) is 0 Å². The molecule has 1 aliphatic heterocycles. The molecule has 0 spiro atoms. The molecule has 3 heterocycles. The van der Waals surface area contributed by atoms with Crippen LogP contribution in [0, 0.1) is 0 Å². The molecule has 4 rings (SSSR count). The molecule has 2 unspecified atom stereocenters. The normalized spacial score (nSPS) is 26.0. The molecule has 7 nitrogen and oxygen atoms in total. The van der Waals surface area contributed by atoms with Gasteiger partial charge in [0.1, 0.15) is 5.69 Å². The fraction of sp³-hybridized carbons (Fsp3) is 0.562. The van der Waals surface area contributed by atoms with Crippen LogP contribution in [0.15, 0.2) is 24.7 Å². The summed E-state index contributed by atoms with van der Waals surface area (Å²) >= 11 is 0. The Kier molecular flexibility index (Phi) is 3.74. The molecule has 1 saturated heterocycles. The molecule has 2 aromatic heterocycles. The van der Waals surface area contributed by atoms with Crippen molar-refractivity contribution in [3.05, 3.63) is 30.4 Å². The van der Waals surface area contributed by atoms with Gasteiger partial charge in [-0.25, -0.2) is 9.97 Å². The first-order valence-corrected chi connectivity index (χ1v) is 8.23. The molecule has 122 valence electrons. The summed E-state index contributed by atoms with van der Waals surface area (Å²) in [6.07, 6.45) is 8.09. The number of hydrogen-bond acceptors (Lipinski definition) is 5. The van der Waals surface area contributed by atoms with Crippen LogP contribution in [0.5, 0.6) is 0 Å². The summed E-state index contributed by atoms with van der Waals surface area (Å²) in [6.45, 7) is 3.00. The molecule has 1 amide bonds. The Morgan fingerprint density at radius 3 is 2.74 bits per heavy atom. The summed E-state index contributed by atoms with van der Waals surface area (Å²) in [5, 5.41) is 10.0. The lowest BCUT2D eigenvalue weighted by atomic mass is 10.1. The van der Waals surface area contributed by atoms with Gasteiger partial charge in [-0.2, -0.15) is 0 Å². The Balaban J connectivity index is 1.42. The van der Waals surface area contributed by atoms with E-state index in [0.29, 0.717) is 24.6 Å². The van der Waals surface area contributed by atoms with E-state index in [0.717, 1.165) is 32.4 Å². The Labute approximate surface area is 134 Å². The third-order valence-corrected chi connectivity index (χ3v) is 4.97. The summed E-state index contributed by atoms with van der Waals surface area (Å²) in [5.41, 5.74) is 0.443. The van der Waals surface area contributed by atoms with Crippen molar-refractivity contribution in [2.24, 2.45) is 0 Å². The Morgan fingerprint density at radius 1 is 1.22 bits per heavy atom. The van der Waals surface area contributed by atoms with Gasteiger partial charge in [-0.3, -0.25) is 14.1 Å². The second kappa shape index (κ2) is 5.90. The summed E-state index contributed by atoms with van der Waals surface area (Å²) in [4.78, 5) is 25.2. The minimum atomic E-state index is -0.207. The number of carbonyl (C=O) groups excluding carboxylic acids is 1. The number of aliphatic hydroxyl groups is 1. The molecule has 1 saturated carbocycles. The van der Waals surface area contributed by atoms with Gasteiger partial charge in [0.25, 0.3) is 5.91 Å². The molecule has 2 fully saturated rings. The van der Waals surface area contributed by atoms with E-state index >= 15 is 0 Å². The quantitative estimate of drug-likeness (QED) is 0.868. The van der Waals surface area contributed by atoms with Gasteiger partial charge >= 0.3 is 0 Å². The van der Waals surface area contributed by atoms with Gasteiger partial charge in [-0.05, 0) is 25.3 Å². The second-order valence-electron chi connectivity index (χ2n) is 6.35. The molecule has 2 atom stereocenters. The molecule has 0 radical (unpaired) electrons. The van der Waals surface area contributed by atoms with E-state index in [9.17, 15) is 9.90 Å². The SMILES string of the molecule is O=C(c1cn2cccnc2n1)N1CCN(C2CCCC2O)CC1. The van der Waals surface area contributed by atoms with Crippen LogP contribution < -0.4 is 0 Å². The minimum Gasteiger partial charge on any atom is -0.391 e. The van der Waals surface area contributed by atoms with E-state index in [2.05, 4.69) is 14.9 Å². The van der Waals surface area contributed by atoms with Crippen LogP contribution in [0.3, 0.4) is 0 Å². The van der Waals surface area contributed by atoms with E-state index in [4.69, 9.17) is 0 Å². The van der Waals surface area contributed by atoms with E-state index < -0.39 is 0 Å². The maximum Gasteiger partial charge on any atom is 0.274 e. The molecule has 23 heavy (non-hydrogen) atoms. The Hall–Kier alpha value is -1.99. The highest BCUT2D eigenvalue weighted by Gasteiger charge is 2.33. The predicted octanol–water partition coefficient (Wildman–Crippen LogP) is 0.401. The van der Waals surface area contributed by atoms with Crippen molar-refractivity contribution >= 4 is 11.7 Å². The Bertz CT molecular complexity index is 674. The maximum absolute atomic E-state index is 12.6. The number of fused-ring (bicyclic) bond motifs is 1. The number of hydrogen-bond donors (Lipinski definition) is 1. The van der Waals surface area contributed by atoms with Gasteiger partial charge in [0.05, 0.1) is 6.10 Å². The van der Waals surface area contributed by atoms with Crippen LogP contribution in [0.1, 0.15) is 29.8 Å². The fourth-order valence-corrected chi connectivity index (χ4v) is 3.70. The van der Waals surface area contributed by atoms with E-state index in [-0.39, 0.29) is 18.1 Å².